The number of amides is 1. The molecule has 0 aliphatic rings. The van der Waals surface area contributed by atoms with E-state index in [1.165, 1.54) is 31.8 Å². The molecule has 0 radical (unpaired) electrons. The van der Waals surface area contributed by atoms with Crippen molar-refractivity contribution in [2.24, 2.45) is 0 Å². The molecule has 4 rings (SSSR count). The predicted octanol–water partition coefficient (Wildman–Crippen LogP) is 3.12. The van der Waals surface area contributed by atoms with E-state index >= 15 is 0 Å². The van der Waals surface area contributed by atoms with Crippen LogP contribution in [-0.2, 0) is 19.1 Å². The fourth-order valence-corrected chi connectivity index (χ4v) is 4.34. The zero-order valence-corrected chi connectivity index (χ0v) is 17.5. The van der Waals surface area contributed by atoms with Crippen molar-refractivity contribution < 1.29 is 18.0 Å². The van der Waals surface area contributed by atoms with Crippen molar-refractivity contribution in [1.29, 1.82) is 0 Å². The summed E-state index contributed by atoms with van der Waals surface area (Å²) in [6, 6.07) is 1.02. The van der Waals surface area contributed by atoms with Gasteiger partial charge in [0.15, 0.2) is 17.2 Å². The van der Waals surface area contributed by atoms with Gasteiger partial charge in [-0.25, -0.2) is 14.5 Å². The molecule has 30 heavy (non-hydrogen) atoms. The van der Waals surface area contributed by atoms with Gasteiger partial charge in [-0.3, -0.25) is 9.48 Å². The van der Waals surface area contributed by atoms with Crippen LogP contribution in [0.1, 0.15) is 32.4 Å². The molecule has 4 heterocycles. The quantitative estimate of drug-likeness (QED) is 0.490. The third kappa shape index (κ3) is 3.40. The monoisotopic (exact) mass is 437 g/mol. The number of hydrogen-bond acceptors (Lipinski definition) is 6. The number of fused-ring (bicyclic) bond motifs is 3. The van der Waals surface area contributed by atoms with Crippen molar-refractivity contribution in [3.63, 3.8) is 0 Å². The number of alkyl halides is 3. The van der Waals surface area contributed by atoms with Crippen molar-refractivity contribution in [2.45, 2.75) is 33.0 Å². The number of rotatable bonds is 4. The molecule has 0 aliphatic carbocycles. The van der Waals surface area contributed by atoms with Crippen LogP contribution in [0.25, 0.3) is 15.9 Å². The van der Waals surface area contributed by atoms with Gasteiger partial charge in [-0.15, -0.1) is 16.4 Å². The van der Waals surface area contributed by atoms with Crippen LogP contribution in [0.3, 0.4) is 0 Å². The molecule has 0 bridgehead atoms. The minimum atomic E-state index is -4.48. The standard InChI is InChI=1S/C18H18F3N7OS/c1-9-7-11(18(19,20)21)24-27(9)6-5-12-23-15-13-10(2)14(17(29)26(3)4)30-16(13)22-8-28(15)25-12/h7-8H,5-6H2,1-4H3. The first-order valence-corrected chi connectivity index (χ1v) is 9.84. The lowest BCUT2D eigenvalue weighted by molar-refractivity contribution is -0.141. The number of aromatic nitrogens is 6. The Balaban J connectivity index is 1.66. The molecule has 12 heteroatoms. The molecule has 0 saturated carbocycles. The summed E-state index contributed by atoms with van der Waals surface area (Å²) >= 11 is 1.30. The van der Waals surface area contributed by atoms with E-state index in [0.29, 0.717) is 33.3 Å². The smallest absolute Gasteiger partial charge is 0.344 e. The van der Waals surface area contributed by atoms with E-state index in [1.807, 2.05) is 6.92 Å². The summed E-state index contributed by atoms with van der Waals surface area (Å²) in [4.78, 5) is 24.1. The highest BCUT2D eigenvalue weighted by molar-refractivity contribution is 7.20. The zero-order valence-electron chi connectivity index (χ0n) is 16.6. The van der Waals surface area contributed by atoms with Crippen LogP contribution in [0.5, 0.6) is 0 Å². The average molecular weight is 437 g/mol. The highest BCUT2D eigenvalue weighted by Crippen LogP contribution is 2.32. The zero-order chi connectivity index (χ0) is 21.8. The van der Waals surface area contributed by atoms with E-state index in [9.17, 15) is 18.0 Å². The molecule has 0 aliphatic heterocycles. The van der Waals surface area contributed by atoms with Crippen molar-refractivity contribution >= 4 is 33.1 Å². The van der Waals surface area contributed by atoms with Gasteiger partial charge >= 0.3 is 6.18 Å². The van der Waals surface area contributed by atoms with Crippen LogP contribution in [-0.4, -0.2) is 54.3 Å². The van der Waals surface area contributed by atoms with Crippen LogP contribution in [0.2, 0.25) is 0 Å². The first-order valence-electron chi connectivity index (χ1n) is 9.03. The molecule has 0 atom stereocenters. The van der Waals surface area contributed by atoms with Crippen LogP contribution < -0.4 is 0 Å². The second-order valence-electron chi connectivity index (χ2n) is 7.12. The lowest BCUT2D eigenvalue weighted by Gasteiger charge is -2.08. The van der Waals surface area contributed by atoms with E-state index in [-0.39, 0.29) is 12.5 Å². The van der Waals surface area contributed by atoms with Crippen LogP contribution in [0, 0.1) is 13.8 Å². The summed E-state index contributed by atoms with van der Waals surface area (Å²) in [6.07, 6.45) is -2.66. The lowest BCUT2D eigenvalue weighted by Crippen LogP contribution is -2.21. The second kappa shape index (κ2) is 7.04. The fraction of sp³-hybridized carbons (Fsp3) is 0.389. The number of nitrogens with zero attached hydrogens (tertiary/aromatic N) is 7. The van der Waals surface area contributed by atoms with E-state index in [2.05, 4.69) is 20.2 Å². The maximum atomic E-state index is 12.8. The summed E-state index contributed by atoms with van der Waals surface area (Å²) in [6.45, 7) is 3.63. The molecule has 4 aromatic heterocycles. The van der Waals surface area contributed by atoms with Gasteiger partial charge in [-0.1, -0.05) is 0 Å². The van der Waals surface area contributed by atoms with Gasteiger partial charge in [0.25, 0.3) is 5.91 Å². The number of carbonyl (C=O) groups is 1. The summed E-state index contributed by atoms with van der Waals surface area (Å²) < 4.78 is 41.3. The normalized spacial score (nSPS) is 12.2. The minimum absolute atomic E-state index is 0.108. The topological polar surface area (TPSA) is 81.2 Å². The summed E-state index contributed by atoms with van der Waals surface area (Å²) in [5.74, 6) is 0.349. The number of carbonyl (C=O) groups excluding carboxylic acids is 1. The molecule has 0 aromatic carbocycles. The molecule has 0 saturated heterocycles. The predicted molar refractivity (Wildman–Crippen MR) is 105 cm³/mol. The van der Waals surface area contributed by atoms with Crippen molar-refractivity contribution in [3.05, 3.63) is 40.0 Å². The Morgan fingerprint density at radius 3 is 2.60 bits per heavy atom. The highest BCUT2D eigenvalue weighted by Gasteiger charge is 2.34. The third-order valence-electron chi connectivity index (χ3n) is 4.73. The maximum Gasteiger partial charge on any atom is 0.435 e. The molecule has 4 aromatic rings. The highest BCUT2D eigenvalue weighted by atomic mass is 32.1. The molecule has 8 nitrogen and oxygen atoms in total. The number of halogens is 3. The largest absolute Gasteiger partial charge is 0.435 e. The van der Waals surface area contributed by atoms with E-state index < -0.39 is 11.9 Å². The number of aryl methyl sites for hydroxylation is 4. The Labute approximate surface area is 173 Å². The van der Waals surface area contributed by atoms with Gasteiger partial charge in [0.05, 0.1) is 10.3 Å². The Kier molecular flexibility index (Phi) is 4.76. The van der Waals surface area contributed by atoms with Crippen LogP contribution >= 0.6 is 11.3 Å². The molecular weight excluding hydrogens is 419 g/mol. The van der Waals surface area contributed by atoms with E-state index in [4.69, 9.17) is 0 Å². The Morgan fingerprint density at radius 2 is 1.97 bits per heavy atom. The molecule has 0 unspecified atom stereocenters. The first-order chi connectivity index (χ1) is 14.1. The minimum Gasteiger partial charge on any atom is -0.344 e. The number of thiophene rings is 1. The SMILES string of the molecule is Cc1c(C(=O)N(C)C)sc2ncn3nc(CCn4nc(C(F)(F)F)cc4C)nc3c12. The Hall–Kier alpha value is -3.02. The first kappa shape index (κ1) is 20.3. The fourth-order valence-electron chi connectivity index (χ4n) is 3.17. The molecule has 0 N–H and O–H groups in total. The van der Waals surface area contributed by atoms with Gasteiger partial charge < -0.3 is 4.90 Å². The lowest BCUT2D eigenvalue weighted by atomic mass is 10.2. The van der Waals surface area contributed by atoms with Crippen molar-refractivity contribution in [3.8, 4) is 0 Å². The second-order valence-corrected chi connectivity index (χ2v) is 8.12. The van der Waals surface area contributed by atoms with Gasteiger partial charge in [0.1, 0.15) is 11.2 Å². The van der Waals surface area contributed by atoms with Crippen molar-refractivity contribution in [1.82, 2.24) is 34.3 Å². The van der Waals surface area contributed by atoms with Gasteiger partial charge in [0, 0.05) is 32.8 Å². The number of hydrogen-bond donors (Lipinski definition) is 0. The summed E-state index contributed by atoms with van der Waals surface area (Å²) in [5.41, 5.74) is 0.842. The molecule has 1 amide bonds. The van der Waals surface area contributed by atoms with Crippen molar-refractivity contribution in [2.75, 3.05) is 14.1 Å². The Morgan fingerprint density at radius 1 is 1.23 bits per heavy atom. The Bertz CT molecular complexity index is 1270. The van der Waals surface area contributed by atoms with Crippen LogP contribution in [0.15, 0.2) is 12.4 Å². The van der Waals surface area contributed by atoms with Crippen LogP contribution in [0.4, 0.5) is 13.2 Å². The van der Waals surface area contributed by atoms with Gasteiger partial charge in [-0.2, -0.15) is 18.3 Å². The van der Waals surface area contributed by atoms with E-state index in [0.717, 1.165) is 17.0 Å². The summed E-state index contributed by atoms with van der Waals surface area (Å²) in [5, 5.41) is 8.76. The molecule has 0 spiro atoms. The van der Waals surface area contributed by atoms with E-state index in [1.54, 1.807) is 21.0 Å². The summed E-state index contributed by atoms with van der Waals surface area (Å²) in [7, 11) is 3.37. The maximum absolute atomic E-state index is 12.8. The molecule has 158 valence electrons. The van der Waals surface area contributed by atoms with Gasteiger partial charge in [0.2, 0.25) is 0 Å². The van der Waals surface area contributed by atoms with Gasteiger partial charge in [-0.05, 0) is 25.5 Å². The molecule has 0 fully saturated rings. The average Bonchev–Trinajstić information content (AvgIpc) is 3.33. The third-order valence-corrected chi connectivity index (χ3v) is 5.92. The molecular formula is C18H18F3N7OS.